The summed E-state index contributed by atoms with van der Waals surface area (Å²) in [7, 11) is -2.65. The summed E-state index contributed by atoms with van der Waals surface area (Å²) >= 11 is 0. The summed E-state index contributed by atoms with van der Waals surface area (Å²) in [6.07, 6.45) is 6.49. The molecule has 1 aromatic heterocycles. The van der Waals surface area contributed by atoms with E-state index in [1.807, 2.05) is 24.3 Å². The van der Waals surface area contributed by atoms with Crippen molar-refractivity contribution in [1.82, 2.24) is 14.6 Å². The van der Waals surface area contributed by atoms with E-state index in [9.17, 15) is 37.5 Å². The number of aryl methyl sites for hydroxylation is 2. The number of aliphatic hydroxyl groups is 1. The van der Waals surface area contributed by atoms with Gasteiger partial charge in [0.05, 0.1) is 30.2 Å². The van der Waals surface area contributed by atoms with Crippen molar-refractivity contribution in [3.63, 3.8) is 0 Å². The first-order valence-corrected chi connectivity index (χ1v) is 22.7. The lowest BCUT2D eigenvalue weighted by atomic mass is 9.86. The fourth-order valence-corrected chi connectivity index (χ4v) is 9.79. The molecule has 17 heteroatoms. The monoisotopic (exact) mass is 881 g/mol. The summed E-state index contributed by atoms with van der Waals surface area (Å²) in [5.41, 5.74) is 8.24. The zero-order valence-electron chi connectivity index (χ0n) is 35.5. The Bertz CT molecular complexity index is 2380. The molecule has 3 aromatic carbocycles. The number of carbonyl (C=O) groups is 5. The van der Waals surface area contributed by atoms with Crippen LogP contribution in [0.3, 0.4) is 0 Å². The minimum Gasteiger partial charge on any atom is -0.469 e. The highest BCUT2D eigenvalue weighted by Crippen LogP contribution is 2.32. The molecular weight excluding hydrogens is 827 g/mol. The number of anilines is 3. The SMILES string of the molecule is CCN(C1CCC(C(=O)OC)CC1)S(=O)(=O)c1cccc(C(=O)Nc2ccc(N3CCCCC3)nc2C(=O)Nc2ccc(CCc3ccc(C(=O)N[C@@H](CO)C(N)=O)cc3)cc2)c1. The molecule has 0 bridgehead atoms. The number of nitrogens with two attached hydrogens (primary N) is 1. The number of piperidine rings is 1. The van der Waals surface area contributed by atoms with Gasteiger partial charge in [-0.1, -0.05) is 37.3 Å². The van der Waals surface area contributed by atoms with E-state index in [0.29, 0.717) is 55.6 Å². The number of aliphatic hydroxyl groups excluding tert-OH is 1. The predicted molar refractivity (Wildman–Crippen MR) is 238 cm³/mol. The molecule has 6 rings (SSSR count). The summed E-state index contributed by atoms with van der Waals surface area (Å²) in [4.78, 5) is 70.5. The fraction of sp³-hybridized carbons (Fsp3) is 0.391. The molecule has 16 nitrogen and oxygen atoms in total. The van der Waals surface area contributed by atoms with Crippen LogP contribution >= 0.6 is 0 Å². The largest absolute Gasteiger partial charge is 0.469 e. The van der Waals surface area contributed by atoms with E-state index in [0.717, 1.165) is 43.5 Å². The van der Waals surface area contributed by atoms with E-state index in [-0.39, 0.29) is 46.3 Å². The molecule has 2 heterocycles. The predicted octanol–water partition coefficient (Wildman–Crippen LogP) is 4.68. The molecule has 1 saturated heterocycles. The number of esters is 1. The van der Waals surface area contributed by atoms with Crippen molar-refractivity contribution in [2.24, 2.45) is 11.7 Å². The molecule has 4 amide bonds. The van der Waals surface area contributed by atoms with Crippen molar-refractivity contribution in [2.75, 3.05) is 48.9 Å². The Labute approximate surface area is 367 Å². The van der Waals surface area contributed by atoms with E-state index in [4.69, 9.17) is 15.5 Å². The number of benzene rings is 3. The molecule has 0 spiro atoms. The maximum absolute atomic E-state index is 14.0. The normalized spacial score (nSPS) is 17.0. The Kier molecular flexibility index (Phi) is 15.6. The maximum atomic E-state index is 14.0. The van der Waals surface area contributed by atoms with Crippen LogP contribution in [-0.4, -0.2) is 97.8 Å². The molecule has 1 atom stereocenters. The van der Waals surface area contributed by atoms with Gasteiger partial charge in [-0.3, -0.25) is 24.0 Å². The molecule has 1 aliphatic heterocycles. The Balaban J connectivity index is 1.13. The lowest BCUT2D eigenvalue weighted by Gasteiger charge is -2.34. The summed E-state index contributed by atoms with van der Waals surface area (Å²) in [6, 6.07) is 22.0. The summed E-state index contributed by atoms with van der Waals surface area (Å²) < 4.78 is 34.3. The number of pyridine rings is 1. The molecule has 4 aromatic rings. The van der Waals surface area contributed by atoms with Crippen LogP contribution in [-0.2, 0) is 37.2 Å². The number of nitrogens with one attached hydrogen (secondary N) is 3. The third kappa shape index (κ3) is 11.7. The fourth-order valence-electron chi connectivity index (χ4n) is 8.04. The second-order valence-electron chi connectivity index (χ2n) is 15.8. The van der Waals surface area contributed by atoms with E-state index in [1.54, 1.807) is 43.3 Å². The molecule has 63 heavy (non-hydrogen) atoms. The standard InChI is InChI=1S/C46H55N7O9S/c1-3-53(36-22-18-33(19-23-36)46(59)62-2)63(60,61)37-9-7-8-34(28-37)44(57)49-38-24-25-40(52-26-5-4-6-27-52)51-41(38)45(58)48-35-20-14-31(15-21-35)11-10-30-12-16-32(17-13-30)43(56)50-39(29-54)42(47)55/h7-9,12-17,20-21,24-25,28,33,36,39,54H,3-6,10-11,18-19,22-23,26-27,29H2,1-2H3,(H2,47,55)(H,48,58)(H,49,57)(H,50,56)/t33?,36?,39-/m0/s1. The molecule has 0 unspecified atom stereocenters. The van der Waals surface area contributed by atoms with Crippen molar-refractivity contribution in [1.29, 1.82) is 0 Å². The molecule has 334 valence electrons. The van der Waals surface area contributed by atoms with E-state index >= 15 is 0 Å². The van der Waals surface area contributed by atoms with Gasteiger partial charge in [-0.05, 0) is 124 Å². The minimum absolute atomic E-state index is 0.00220. The maximum Gasteiger partial charge on any atom is 0.308 e. The number of methoxy groups -OCH3 is 1. The smallest absolute Gasteiger partial charge is 0.308 e. The average molecular weight is 882 g/mol. The van der Waals surface area contributed by atoms with Gasteiger partial charge in [-0.15, -0.1) is 0 Å². The summed E-state index contributed by atoms with van der Waals surface area (Å²) in [5.74, 6) is -2.44. The van der Waals surface area contributed by atoms with Gasteiger partial charge in [0, 0.05) is 42.5 Å². The molecule has 0 radical (unpaired) electrons. The molecular formula is C46H55N7O9S. The lowest BCUT2D eigenvalue weighted by Crippen LogP contribution is -2.46. The molecule has 1 saturated carbocycles. The van der Waals surface area contributed by atoms with Crippen LogP contribution in [0.25, 0.3) is 0 Å². The van der Waals surface area contributed by atoms with Crippen molar-refractivity contribution in [2.45, 2.75) is 81.7 Å². The van der Waals surface area contributed by atoms with Crippen molar-refractivity contribution < 1.29 is 42.2 Å². The topological polar surface area (TPSA) is 230 Å². The highest BCUT2D eigenvalue weighted by atomic mass is 32.2. The third-order valence-electron chi connectivity index (χ3n) is 11.6. The van der Waals surface area contributed by atoms with Crippen LogP contribution in [0.5, 0.6) is 0 Å². The van der Waals surface area contributed by atoms with Gasteiger partial charge in [0.2, 0.25) is 15.9 Å². The second-order valence-corrected chi connectivity index (χ2v) is 17.7. The van der Waals surface area contributed by atoms with E-state index in [1.165, 1.54) is 35.7 Å². The number of amides is 4. The van der Waals surface area contributed by atoms with Crippen molar-refractivity contribution in [3.8, 4) is 0 Å². The zero-order chi connectivity index (χ0) is 45.1. The highest BCUT2D eigenvalue weighted by molar-refractivity contribution is 7.89. The number of primary amides is 1. The molecule has 6 N–H and O–H groups in total. The van der Waals surface area contributed by atoms with Gasteiger partial charge in [-0.25, -0.2) is 13.4 Å². The first-order chi connectivity index (χ1) is 30.3. The first kappa shape index (κ1) is 46.3. The number of carbonyl (C=O) groups excluding carboxylic acids is 5. The van der Waals surface area contributed by atoms with Crippen molar-refractivity contribution >= 4 is 56.8 Å². The van der Waals surface area contributed by atoms with Crippen LogP contribution in [0.4, 0.5) is 17.2 Å². The van der Waals surface area contributed by atoms with Gasteiger partial charge >= 0.3 is 5.97 Å². The van der Waals surface area contributed by atoms with Gasteiger partial charge in [0.1, 0.15) is 11.9 Å². The van der Waals surface area contributed by atoms with Gasteiger partial charge < -0.3 is 36.4 Å². The quantitative estimate of drug-likeness (QED) is 0.0915. The Morgan fingerprint density at radius 3 is 2.08 bits per heavy atom. The van der Waals surface area contributed by atoms with Gasteiger partial charge in [0.15, 0.2) is 5.69 Å². The Morgan fingerprint density at radius 2 is 1.48 bits per heavy atom. The van der Waals surface area contributed by atoms with Crippen LogP contribution in [0.2, 0.25) is 0 Å². The summed E-state index contributed by atoms with van der Waals surface area (Å²) in [6.45, 7) is 2.95. The zero-order valence-corrected chi connectivity index (χ0v) is 36.4. The first-order valence-electron chi connectivity index (χ1n) is 21.3. The molecule has 2 aliphatic rings. The summed E-state index contributed by atoms with van der Waals surface area (Å²) in [5, 5.41) is 17.4. The van der Waals surface area contributed by atoms with E-state index in [2.05, 4.69) is 20.9 Å². The number of ether oxygens (including phenoxy) is 1. The minimum atomic E-state index is -4.01. The molecule has 1 aliphatic carbocycles. The average Bonchev–Trinajstić information content (AvgIpc) is 3.31. The second kappa shape index (κ2) is 21.3. The lowest BCUT2D eigenvalue weighted by molar-refractivity contribution is -0.146. The Morgan fingerprint density at radius 1 is 0.825 bits per heavy atom. The van der Waals surface area contributed by atoms with Crippen molar-refractivity contribution in [3.05, 3.63) is 113 Å². The number of aromatic nitrogens is 1. The number of hydrogen-bond donors (Lipinski definition) is 5. The van der Waals surface area contributed by atoms with Crippen LogP contribution in [0.15, 0.2) is 89.8 Å². The molecule has 2 fully saturated rings. The third-order valence-corrected chi connectivity index (χ3v) is 13.7. The van der Waals surface area contributed by atoms with Gasteiger partial charge in [0.25, 0.3) is 17.7 Å². The van der Waals surface area contributed by atoms with Crippen LogP contribution < -0.4 is 26.6 Å². The number of hydrogen-bond acceptors (Lipinski definition) is 11. The Hall–Kier alpha value is -6.17. The number of sulfonamides is 1. The highest BCUT2D eigenvalue weighted by Gasteiger charge is 2.35. The van der Waals surface area contributed by atoms with E-state index < -0.39 is 46.3 Å². The van der Waals surface area contributed by atoms with Crippen LogP contribution in [0.1, 0.15) is 94.2 Å². The number of nitrogens with zero attached hydrogens (tertiary/aromatic N) is 3. The number of rotatable bonds is 17. The van der Waals surface area contributed by atoms with Gasteiger partial charge in [-0.2, -0.15) is 4.31 Å². The van der Waals surface area contributed by atoms with Crippen LogP contribution in [0, 0.1) is 5.92 Å².